The van der Waals surface area contributed by atoms with Gasteiger partial charge >= 0.3 is 0 Å². The van der Waals surface area contributed by atoms with Gasteiger partial charge in [0.05, 0.1) is 21.7 Å². The Balaban J connectivity index is 1.90. The molecule has 2 nitrogen and oxygen atoms in total. The van der Waals surface area contributed by atoms with E-state index in [9.17, 15) is 0 Å². The zero-order chi connectivity index (χ0) is 14.8. The Morgan fingerprint density at radius 3 is 2.52 bits per heavy atom. The van der Waals surface area contributed by atoms with Crippen LogP contribution in [0.1, 0.15) is 16.0 Å². The first-order valence-electron chi connectivity index (χ1n) is 6.34. The van der Waals surface area contributed by atoms with Gasteiger partial charge in [-0.3, -0.25) is 0 Å². The van der Waals surface area contributed by atoms with Gasteiger partial charge in [0.1, 0.15) is 0 Å². The van der Waals surface area contributed by atoms with E-state index >= 15 is 0 Å². The molecule has 3 aromatic rings. The van der Waals surface area contributed by atoms with E-state index < -0.39 is 0 Å². The topological polar surface area (TPSA) is 17.8 Å². The van der Waals surface area contributed by atoms with Crippen LogP contribution in [0.4, 0.5) is 0 Å². The predicted octanol–water partition coefficient (Wildman–Crippen LogP) is 5.77. The third kappa shape index (κ3) is 3.23. The second kappa shape index (κ2) is 6.34. The van der Waals surface area contributed by atoms with Crippen LogP contribution >= 0.6 is 43.5 Å². The maximum Gasteiger partial charge on any atom is 0.0676 e. The highest BCUT2D eigenvalue weighted by atomic mass is 79.9. The number of rotatable bonds is 3. The van der Waals surface area contributed by atoms with Crippen molar-refractivity contribution in [2.45, 2.75) is 4.83 Å². The molecular weight excluding hydrogens is 415 g/mol. The van der Waals surface area contributed by atoms with Crippen molar-refractivity contribution in [1.82, 2.24) is 9.78 Å². The van der Waals surface area contributed by atoms with E-state index in [1.807, 2.05) is 65.6 Å². The minimum Gasteiger partial charge on any atom is -0.241 e. The molecule has 0 saturated carbocycles. The standard InChI is InChI=1S/C16H11Br2ClN2/c17-14-8-11(6-7-15(14)19)16(18)12-9-20-21(10-12)13-4-2-1-3-5-13/h1-10,16H. The summed E-state index contributed by atoms with van der Waals surface area (Å²) in [6.07, 6.45) is 3.90. The summed E-state index contributed by atoms with van der Waals surface area (Å²) < 4.78 is 2.76. The van der Waals surface area contributed by atoms with Gasteiger partial charge in [0.2, 0.25) is 0 Å². The second-order valence-corrected chi connectivity index (χ2v) is 6.77. The molecule has 0 radical (unpaired) electrons. The predicted molar refractivity (Wildman–Crippen MR) is 93.5 cm³/mol. The van der Waals surface area contributed by atoms with Crippen molar-refractivity contribution in [2.75, 3.05) is 0 Å². The fraction of sp³-hybridized carbons (Fsp3) is 0.0625. The number of nitrogens with zero attached hydrogens (tertiary/aromatic N) is 2. The normalized spacial score (nSPS) is 12.3. The van der Waals surface area contributed by atoms with Gasteiger partial charge in [-0.25, -0.2) is 4.68 Å². The van der Waals surface area contributed by atoms with Crippen LogP contribution in [0.5, 0.6) is 0 Å². The lowest BCUT2D eigenvalue weighted by atomic mass is 10.1. The summed E-state index contributed by atoms with van der Waals surface area (Å²) in [4.78, 5) is 0.0727. The second-order valence-electron chi connectivity index (χ2n) is 4.59. The Bertz CT molecular complexity index is 756. The number of para-hydroxylation sites is 1. The molecule has 1 aromatic heterocycles. The first-order chi connectivity index (χ1) is 10.1. The Morgan fingerprint density at radius 2 is 1.81 bits per heavy atom. The summed E-state index contributed by atoms with van der Waals surface area (Å²) in [5.74, 6) is 0. The maximum absolute atomic E-state index is 6.04. The van der Waals surface area contributed by atoms with E-state index in [1.165, 1.54) is 0 Å². The Labute approximate surface area is 145 Å². The molecule has 5 heteroatoms. The smallest absolute Gasteiger partial charge is 0.0676 e. The number of hydrogen-bond donors (Lipinski definition) is 0. The van der Waals surface area contributed by atoms with Crippen LogP contribution in [0.15, 0.2) is 65.4 Å². The average Bonchev–Trinajstić information content (AvgIpc) is 3.00. The highest BCUT2D eigenvalue weighted by Gasteiger charge is 2.14. The number of hydrogen-bond acceptors (Lipinski definition) is 1. The lowest BCUT2D eigenvalue weighted by Crippen LogP contribution is -1.94. The summed E-state index contributed by atoms with van der Waals surface area (Å²) in [5, 5.41) is 5.13. The zero-order valence-corrected chi connectivity index (χ0v) is 14.8. The molecule has 2 aromatic carbocycles. The van der Waals surface area contributed by atoms with Crippen LogP contribution in [0, 0.1) is 0 Å². The zero-order valence-electron chi connectivity index (χ0n) is 10.9. The van der Waals surface area contributed by atoms with Crippen LogP contribution in [-0.2, 0) is 0 Å². The van der Waals surface area contributed by atoms with Crippen LogP contribution < -0.4 is 0 Å². The largest absolute Gasteiger partial charge is 0.241 e. The van der Waals surface area contributed by atoms with Crippen LogP contribution in [0.25, 0.3) is 5.69 Å². The van der Waals surface area contributed by atoms with Gasteiger partial charge in [-0.15, -0.1) is 0 Å². The van der Waals surface area contributed by atoms with E-state index in [-0.39, 0.29) is 4.83 Å². The van der Waals surface area contributed by atoms with Crippen molar-refractivity contribution >= 4 is 43.5 Å². The summed E-state index contributed by atoms with van der Waals surface area (Å²) in [6, 6.07) is 16.0. The van der Waals surface area contributed by atoms with Crippen molar-refractivity contribution in [3.63, 3.8) is 0 Å². The van der Waals surface area contributed by atoms with E-state index in [0.29, 0.717) is 5.02 Å². The Hall–Kier alpha value is -1.10. The van der Waals surface area contributed by atoms with E-state index in [4.69, 9.17) is 11.6 Å². The molecule has 0 spiro atoms. The molecule has 1 unspecified atom stereocenters. The Kier molecular flexibility index (Phi) is 4.48. The van der Waals surface area contributed by atoms with Gasteiger partial charge in [0.15, 0.2) is 0 Å². The molecule has 21 heavy (non-hydrogen) atoms. The summed E-state index contributed by atoms with van der Waals surface area (Å²) >= 11 is 13.2. The summed E-state index contributed by atoms with van der Waals surface area (Å²) in [7, 11) is 0. The van der Waals surface area contributed by atoms with Crippen molar-refractivity contribution in [1.29, 1.82) is 0 Å². The van der Waals surface area contributed by atoms with Gasteiger partial charge in [-0.1, -0.05) is 51.8 Å². The monoisotopic (exact) mass is 424 g/mol. The lowest BCUT2D eigenvalue weighted by molar-refractivity contribution is 0.880. The molecular formula is C16H11Br2ClN2. The van der Waals surface area contributed by atoms with Crippen LogP contribution in [-0.4, -0.2) is 9.78 Å². The average molecular weight is 427 g/mol. The molecule has 0 N–H and O–H groups in total. The summed E-state index contributed by atoms with van der Waals surface area (Å²) in [5.41, 5.74) is 3.26. The van der Waals surface area contributed by atoms with Crippen LogP contribution in [0.3, 0.4) is 0 Å². The van der Waals surface area contributed by atoms with Crippen LogP contribution in [0.2, 0.25) is 5.02 Å². The van der Waals surface area contributed by atoms with Gasteiger partial charge in [0.25, 0.3) is 0 Å². The first kappa shape index (κ1) is 14.8. The molecule has 3 rings (SSSR count). The van der Waals surface area contributed by atoms with E-state index in [2.05, 4.69) is 37.0 Å². The molecule has 1 atom stereocenters. The minimum absolute atomic E-state index is 0.0727. The highest BCUT2D eigenvalue weighted by Crippen LogP contribution is 2.34. The van der Waals surface area contributed by atoms with Crippen molar-refractivity contribution in [2.24, 2.45) is 0 Å². The van der Waals surface area contributed by atoms with Gasteiger partial charge in [-0.2, -0.15) is 5.10 Å². The third-order valence-electron chi connectivity index (χ3n) is 3.15. The molecule has 0 aliphatic carbocycles. The number of halogens is 3. The SMILES string of the molecule is Clc1ccc(C(Br)c2cnn(-c3ccccc3)c2)cc1Br. The molecule has 0 aliphatic rings. The lowest BCUT2D eigenvalue weighted by Gasteiger charge is -2.09. The molecule has 0 saturated heterocycles. The van der Waals surface area contributed by atoms with Gasteiger partial charge < -0.3 is 0 Å². The molecule has 0 aliphatic heterocycles. The van der Waals surface area contributed by atoms with Crippen molar-refractivity contribution in [3.8, 4) is 5.69 Å². The summed E-state index contributed by atoms with van der Waals surface area (Å²) in [6.45, 7) is 0. The third-order valence-corrected chi connectivity index (χ3v) is 5.42. The fourth-order valence-corrected chi connectivity index (χ4v) is 3.09. The van der Waals surface area contributed by atoms with E-state index in [0.717, 1.165) is 21.3 Å². The molecule has 0 bridgehead atoms. The first-order valence-corrected chi connectivity index (χ1v) is 8.43. The number of benzene rings is 2. The Morgan fingerprint density at radius 1 is 1.05 bits per heavy atom. The minimum atomic E-state index is 0.0727. The highest BCUT2D eigenvalue weighted by molar-refractivity contribution is 9.10. The maximum atomic E-state index is 6.04. The fourth-order valence-electron chi connectivity index (χ4n) is 2.05. The van der Waals surface area contributed by atoms with Gasteiger partial charge in [0, 0.05) is 16.2 Å². The quantitative estimate of drug-likeness (QED) is 0.486. The molecule has 1 heterocycles. The number of aromatic nitrogens is 2. The molecule has 0 fully saturated rings. The van der Waals surface area contributed by atoms with Crippen molar-refractivity contribution < 1.29 is 0 Å². The molecule has 0 amide bonds. The molecule has 106 valence electrons. The number of alkyl halides is 1. The van der Waals surface area contributed by atoms with Crippen molar-refractivity contribution in [3.05, 3.63) is 81.5 Å². The van der Waals surface area contributed by atoms with E-state index in [1.54, 1.807) is 0 Å². The van der Waals surface area contributed by atoms with Gasteiger partial charge in [-0.05, 0) is 45.8 Å².